The van der Waals surface area contributed by atoms with Gasteiger partial charge in [0.05, 0.1) is 0 Å². The Morgan fingerprint density at radius 1 is 1.37 bits per heavy atom. The van der Waals surface area contributed by atoms with E-state index in [2.05, 4.69) is 47.7 Å². The predicted molar refractivity (Wildman–Crippen MR) is 87.6 cm³/mol. The van der Waals surface area contributed by atoms with E-state index in [-0.39, 0.29) is 5.41 Å². The van der Waals surface area contributed by atoms with Crippen LogP contribution >= 0.6 is 27.5 Å². The Kier molecular flexibility index (Phi) is 6.81. The molecule has 0 radical (unpaired) electrons. The molecule has 0 spiro atoms. The van der Waals surface area contributed by atoms with Crippen LogP contribution in [-0.4, -0.2) is 24.5 Å². The van der Waals surface area contributed by atoms with Gasteiger partial charge in [0.25, 0.3) is 0 Å². The first-order valence-electron chi connectivity index (χ1n) is 6.74. The molecule has 1 rings (SSSR count). The van der Waals surface area contributed by atoms with Gasteiger partial charge in [0.2, 0.25) is 0 Å². The quantitative estimate of drug-likeness (QED) is 0.797. The summed E-state index contributed by atoms with van der Waals surface area (Å²) in [6.45, 7) is 10.2. The maximum Gasteiger partial charge on any atom is 0.0462 e. The molecular formula is C15H24BrClN2. The van der Waals surface area contributed by atoms with Crippen molar-refractivity contribution >= 4 is 27.5 Å². The van der Waals surface area contributed by atoms with Gasteiger partial charge in [-0.2, -0.15) is 0 Å². The van der Waals surface area contributed by atoms with Crippen LogP contribution in [0.1, 0.15) is 32.8 Å². The Bertz CT molecular complexity index is 407. The number of hydrogen-bond donors (Lipinski definition) is 1. The van der Waals surface area contributed by atoms with E-state index < -0.39 is 0 Å². The lowest BCUT2D eigenvalue weighted by molar-refractivity contribution is 0.176. The fraction of sp³-hybridized carbons (Fsp3) is 0.600. The van der Waals surface area contributed by atoms with Gasteiger partial charge in [0.15, 0.2) is 0 Å². The van der Waals surface area contributed by atoms with Crippen LogP contribution in [0.25, 0.3) is 0 Å². The molecule has 0 aliphatic heterocycles. The highest BCUT2D eigenvalue weighted by Crippen LogP contribution is 2.24. The number of rotatable bonds is 7. The molecule has 0 aliphatic carbocycles. The highest BCUT2D eigenvalue weighted by atomic mass is 79.9. The second-order valence-electron chi connectivity index (χ2n) is 5.81. The molecule has 19 heavy (non-hydrogen) atoms. The minimum atomic E-state index is 0.136. The van der Waals surface area contributed by atoms with Gasteiger partial charge in [-0.1, -0.05) is 54.4 Å². The minimum Gasteiger partial charge on any atom is -0.330 e. The van der Waals surface area contributed by atoms with Gasteiger partial charge < -0.3 is 5.73 Å². The zero-order valence-electron chi connectivity index (χ0n) is 12.0. The normalized spacial score (nSPS) is 12.2. The molecule has 0 aliphatic rings. The zero-order chi connectivity index (χ0) is 14.5. The van der Waals surface area contributed by atoms with E-state index >= 15 is 0 Å². The van der Waals surface area contributed by atoms with Crippen molar-refractivity contribution in [1.29, 1.82) is 0 Å². The zero-order valence-corrected chi connectivity index (χ0v) is 14.4. The Labute approximate surface area is 130 Å². The van der Waals surface area contributed by atoms with Gasteiger partial charge >= 0.3 is 0 Å². The molecule has 0 fully saturated rings. The molecule has 0 bridgehead atoms. The summed E-state index contributed by atoms with van der Waals surface area (Å²) in [5, 5.41) is 0.820. The SMILES string of the molecule is CCCN(Cc1ccc(Br)cc1Cl)CC(C)(C)CN. The maximum absolute atomic E-state index is 6.30. The summed E-state index contributed by atoms with van der Waals surface area (Å²) in [4.78, 5) is 2.43. The van der Waals surface area contributed by atoms with E-state index in [1.54, 1.807) is 0 Å². The second-order valence-corrected chi connectivity index (χ2v) is 7.14. The molecule has 0 amide bonds. The van der Waals surface area contributed by atoms with Crippen LogP contribution in [0.3, 0.4) is 0 Å². The minimum absolute atomic E-state index is 0.136. The molecule has 0 atom stereocenters. The first-order chi connectivity index (χ1) is 8.88. The van der Waals surface area contributed by atoms with Crippen LogP contribution in [0.4, 0.5) is 0 Å². The average Bonchev–Trinajstić information content (AvgIpc) is 2.32. The largest absolute Gasteiger partial charge is 0.330 e. The molecule has 0 heterocycles. The lowest BCUT2D eigenvalue weighted by Gasteiger charge is -2.32. The van der Waals surface area contributed by atoms with E-state index in [4.69, 9.17) is 17.3 Å². The van der Waals surface area contributed by atoms with Crippen LogP contribution in [0.2, 0.25) is 5.02 Å². The summed E-state index contributed by atoms with van der Waals surface area (Å²) in [6, 6.07) is 6.08. The van der Waals surface area contributed by atoms with Crippen molar-refractivity contribution in [3.8, 4) is 0 Å². The Balaban J connectivity index is 2.77. The van der Waals surface area contributed by atoms with Crippen molar-refractivity contribution in [2.45, 2.75) is 33.7 Å². The van der Waals surface area contributed by atoms with Crippen molar-refractivity contribution in [2.24, 2.45) is 11.1 Å². The van der Waals surface area contributed by atoms with E-state index in [9.17, 15) is 0 Å². The van der Waals surface area contributed by atoms with Crippen molar-refractivity contribution in [2.75, 3.05) is 19.6 Å². The monoisotopic (exact) mass is 346 g/mol. The van der Waals surface area contributed by atoms with Gasteiger partial charge in [-0.05, 0) is 42.6 Å². The number of halogens is 2. The van der Waals surface area contributed by atoms with Gasteiger partial charge in [-0.3, -0.25) is 4.90 Å². The Morgan fingerprint density at radius 3 is 2.58 bits per heavy atom. The van der Waals surface area contributed by atoms with Crippen LogP contribution in [0.15, 0.2) is 22.7 Å². The third-order valence-corrected chi connectivity index (χ3v) is 4.00. The number of benzene rings is 1. The van der Waals surface area contributed by atoms with Crippen molar-refractivity contribution in [3.63, 3.8) is 0 Å². The summed E-state index contributed by atoms with van der Waals surface area (Å²) in [5.41, 5.74) is 7.14. The smallest absolute Gasteiger partial charge is 0.0462 e. The maximum atomic E-state index is 6.30. The molecule has 2 N–H and O–H groups in total. The van der Waals surface area contributed by atoms with Gasteiger partial charge in [0.1, 0.15) is 0 Å². The molecule has 1 aromatic carbocycles. The fourth-order valence-electron chi connectivity index (χ4n) is 2.09. The number of hydrogen-bond acceptors (Lipinski definition) is 2. The van der Waals surface area contributed by atoms with E-state index in [0.717, 1.165) is 35.6 Å². The van der Waals surface area contributed by atoms with Crippen LogP contribution < -0.4 is 5.73 Å². The topological polar surface area (TPSA) is 29.3 Å². The first kappa shape index (κ1) is 17.0. The molecular weight excluding hydrogens is 324 g/mol. The Morgan fingerprint density at radius 2 is 2.05 bits per heavy atom. The van der Waals surface area contributed by atoms with Gasteiger partial charge in [0, 0.05) is 22.6 Å². The van der Waals surface area contributed by atoms with E-state index in [0.29, 0.717) is 6.54 Å². The molecule has 108 valence electrons. The van der Waals surface area contributed by atoms with E-state index in [1.165, 1.54) is 5.56 Å². The lowest BCUT2D eigenvalue weighted by atomic mass is 9.93. The number of nitrogens with two attached hydrogens (primary N) is 1. The standard InChI is InChI=1S/C15H24BrClN2/c1-4-7-19(11-15(2,3)10-18)9-12-5-6-13(16)8-14(12)17/h5-6,8H,4,7,9-11,18H2,1-3H3. The molecule has 0 saturated carbocycles. The molecule has 0 unspecified atom stereocenters. The molecule has 0 aromatic heterocycles. The van der Waals surface area contributed by atoms with Gasteiger partial charge in [-0.25, -0.2) is 0 Å². The molecule has 4 heteroatoms. The van der Waals surface area contributed by atoms with Gasteiger partial charge in [-0.15, -0.1) is 0 Å². The van der Waals surface area contributed by atoms with Crippen LogP contribution in [0.5, 0.6) is 0 Å². The van der Waals surface area contributed by atoms with Crippen molar-refractivity contribution in [1.82, 2.24) is 4.90 Å². The summed E-state index contributed by atoms with van der Waals surface area (Å²) >= 11 is 9.74. The van der Waals surface area contributed by atoms with Crippen molar-refractivity contribution < 1.29 is 0 Å². The summed E-state index contributed by atoms with van der Waals surface area (Å²) in [5.74, 6) is 0. The molecule has 1 aromatic rings. The fourth-order valence-corrected chi connectivity index (χ4v) is 2.82. The van der Waals surface area contributed by atoms with Crippen molar-refractivity contribution in [3.05, 3.63) is 33.3 Å². The van der Waals surface area contributed by atoms with Crippen LogP contribution in [0, 0.1) is 5.41 Å². The summed E-state index contributed by atoms with van der Waals surface area (Å²) < 4.78 is 1.02. The second kappa shape index (κ2) is 7.63. The highest BCUT2D eigenvalue weighted by molar-refractivity contribution is 9.10. The third-order valence-electron chi connectivity index (χ3n) is 3.15. The predicted octanol–water partition coefficient (Wildman–Crippen LogP) is 4.30. The third kappa shape index (κ3) is 5.82. The molecule has 2 nitrogen and oxygen atoms in total. The average molecular weight is 348 g/mol. The lowest BCUT2D eigenvalue weighted by Crippen LogP contribution is -2.38. The first-order valence-corrected chi connectivity index (χ1v) is 7.91. The van der Waals surface area contributed by atoms with Crippen LogP contribution in [-0.2, 0) is 6.54 Å². The highest BCUT2D eigenvalue weighted by Gasteiger charge is 2.20. The molecule has 0 saturated heterocycles. The summed E-state index contributed by atoms with van der Waals surface area (Å²) in [6.07, 6.45) is 1.13. The number of nitrogens with zero attached hydrogens (tertiary/aromatic N) is 1. The Hall–Kier alpha value is -0.0900. The van der Waals surface area contributed by atoms with E-state index in [1.807, 2.05) is 12.1 Å². The summed E-state index contributed by atoms with van der Waals surface area (Å²) in [7, 11) is 0.